The van der Waals surface area contributed by atoms with E-state index in [4.69, 9.17) is 33.8 Å². The molecule has 0 fully saturated rings. The van der Waals surface area contributed by atoms with Crippen LogP contribution in [0.3, 0.4) is 0 Å². The average molecular weight is 1670 g/mol. The maximum Gasteiger partial charge on any atom is 0.235 e. The van der Waals surface area contributed by atoms with Crippen LogP contribution in [0.5, 0.6) is 22.4 Å². The number of fused-ring (bicyclic) bond motifs is 23. The van der Waals surface area contributed by atoms with Gasteiger partial charge in [0.1, 0.15) is 17.0 Å². The monoisotopic (exact) mass is 1670 g/mol. The first kappa shape index (κ1) is 76.0. The number of aromatic nitrogens is 6. The number of thiophene rings is 1. The third-order valence-corrected chi connectivity index (χ3v) is 26.5. The molecule has 129 heavy (non-hydrogen) atoms. The van der Waals surface area contributed by atoms with Crippen LogP contribution in [0.4, 0.5) is 0 Å². The summed E-state index contributed by atoms with van der Waals surface area (Å²) in [6.45, 7) is 4.69. The molecular formula is C119H78N6O3S. The van der Waals surface area contributed by atoms with Crippen LogP contribution in [0.15, 0.2) is 441 Å². The van der Waals surface area contributed by atoms with Gasteiger partial charge in [0.25, 0.3) is 0 Å². The van der Waals surface area contributed by atoms with E-state index in [0.717, 1.165) is 150 Å². The van der Waals surface area contributed by atoms with Crippen molar-refractivity contribution in [1.29, 1.82) is 0 Å². The molecule has 2 aliphatic heterocycles. The molecule has 0 saturated carbocycles. The van der Waals surface area contributed by atoms with Gasteiger partial charge in [-0.1, -0.05) is 395 Å². The minimum absolute atomic E-state index is 0.351. The van der Waals surface area contributed by atoms with Crippen LogP contribution in [-0.2, 0) is 5.41 Å². The smallest absolute Gasteiger partial charge is 0.235 e. The Balaban J connectivity index is 0.000000108. The Morgan fingerprint density at radius 1 is 0.287 bits per heavy atom. The van der Waals surface area contributed by atoms with Crippen molar-refractivity contribution >= 4 is 65.2 Å². The van der Waals surface area contributed by atoms with Crippen LogP contribution in [0, 0.1) is 0 Å². The molecule has 0 amide bonds. The van der Waals surface area contributed by atoms with Crippen molar-refractivity contribution in [1.82, 2.24) is 29.1 Å². The number of ether oxygens (including phenoxy) is 2. The van der Waals surface area contributed by atoms with Gasteiger partial charge in [-0.3, -0.25) is 9.13 Å². The zero-order valence-electron chi connectivity index (χ0n) is 70.4. The van der Waals surface area contributed by atoms with Crippen molar-refractivity contribution in [3.05, 3.63) is 448 Å². The molecule has 17 aromatic carbocycles. The predicted octanol–water partition coefficient (Wildman–Crippen LogP) is 32.2. The summed E-state index contributed by atoms with van der Waals surface area (Å²) in [7, 11) is 0. The molecule has 6 aromatic heterocycles. The molecule has 0 saturated heterocycles. The van der Waals surface area contributed by atoms with E-state index >= 15 is 0 Å². The van der Waals surface area contributed by atoms with Crippen molar-refractivity contribution in [2.75, 3.05) is 0 Å². The van der Waals surface area contributed by atoms with E-state index in [1.165, 1.54) is 82.4 Å². The number of hydrogen-bond acceptors (Lipinski definition) is 8. The maximum atomic E-state index is 7.04. The minimum Gasteiger partial charge on any atom is -0.445 e. The predicted molar refractivity (Wildman–Crippen MR) is 530 cm³/mol. The van der Waals surface area contributed by atoms with Gasteiger partial charge in [-0.15, -0.1) is 0 Å². The first-order valence-electron chi connectivity index (χ1n) is 43.6. The lowest BCUT2D eigenvalue weighted by atomic mass is 9.78. The average Bonchev–Trinajstić information content (AvgIpc) is 1.51. The summed E-state index contributed by atoms with van der Waals surface area (Å²) in [6.07, 6.45) is 0. The molecular weight excluding hydrogens is 1590 g/mol. The van der Waals surface area contributed by atoms with Gasteiger partial charge in [-0.2, -0.15) is 0 Å². The van der Waals surface area contributed by atoms with Crippen LogP contribution in [0.2, 0.25) is 0 Å². The van der Waals surface area contributed by atoms with Crippen LogP contribution in [0.1, 0.15) is 25.1 Å². The summed E-state index contributed by atoms with van der Waals surface area (Å²) in [5.74, 6) is 3.82. The SMILES string of the molecule is CC1(C)c2ccccc2-c2ccccc2-c2c1n(-c1nc(-c3ccc(-c4ccccc4)cc3)c3ccccc3n1)c1ccccc21.c1cc(-c2nc3ccccc3o2)cc(-n2c3c(c4ccccc42)-c2ccccc2-c2ccccc2O3)c1.c1ccc(-c2cc(-c3cccc4c5c(sc34)Oc3c(-c4ccccc4)cccc3-c3ccccc3-5)cc(-c3ccccc3)n2)cc1. The summed E-state index contributed by atoms with van der Waals surface area (Å²) >= 11 is 1.73. The fraction of sp³-hybridized carbons (Fsp3) is 0.0252. The summed E-state index contributed by atoms with van der Waals surface area (Å²) in [4.78, 5) is 20.6. The van der Waals surface area contributed by atoms with Crippen molar-refractivity contribution in [3.8, 4) is 179 Å². The van der Waals surface area contributed by atoms with Crippen LogP contribution in [0.25, 0.3) is 211 Å². The highest BCUT2D eigenvalue weighted by Gasteiger charge is 2.40. The molecule has 0 N–H and O–H groups in total. The van der Waals surface area contributed by atoms with Crippen molar-refractivity contribution < 1.29 is 13.9 Å². The normalized spacial score (nSPS) is 12.3. The standard InChI is InChI=1S/C43H31N3.C43H27NOS.C33H20N2O2/c1-43(2)36-21-11-8-17-32(36)31-16-6-7-18-33(31)39-35-20-10-13-23-38(35)46(41(39)43)42-44-37-22-12-9-19-34(37)40(45-42)30-26-24-29(25-27-30)28-14-4-3-5-15-28;1-4-14-28(15-5-1)32-22-12-24-36-34-20-10-11-21-35(34)40-37-25-13-23-33(42(37)46-43(40)45-41(32)36)31-26-38(29-16-6-2-7-17-29)44-39(27-31)30-18-8-3-9-19-30;1-2-14-25-23(12-1)24-13-4-7-18-29(24)37-33-31(25)26-15-3-6-17-28(26)35(33)22-11-9-10-21(20-22)32-34-27-16-5-8-19-30(27)36-32/h3-27H,1-2H3;1-27H;1-20H. The molecule has 1 aliphatic carbocycles. The summed E-state index contributed by atoms with van der Waals surface area (Å²) < 4.78 is 25.6. The van der Waals surface area contributed by atoms with E-state index in [-0.39, 0.29) is 5.41 Å². The first-order chi connectivity index (χ1) is 63.8. The van der Waals surface area contributed by atoms with Gasteiger partial charge in [-0.25, -0.2) is 19.9 Å². The molecule has 608 valence electrons. The highest BCUT2D eigenvalue weighted by atomic mass is 32.1. The van der Waals surface area contributed by atoms with E-state index < -0.39 is 0 Å². The third-order valence-electron chi connectivity index (χ3n) is 25.4. The number of rotatable bonds is 9. The van der Waals surface area contributed by atoms with E-state index in [1.807, 2.05) is 60.7 Å². The zero-order chi connectivity index (χ0) is 85.6. The van der Waals surface area contributed by atoms with E-state index in [0.29, 0.717) is 11.8 Å². The zero-order valence-corrected chi connectivity index (χ0v) is 71.2. The van der Waals surface area contributed by atoms with Gasteiger partial charge in [0.2, 0.25) is 17.7 Å². The van der Waals surface area contributed by atoms with Crippen LogP contribution < -0.4 is 9.47 Å². The summed E-state index contributed by atoms with van der Waals surface area (Å²) in [5, 5.41) is 5.49. The van der Waals surface area contributed by atoms with Crippen molar-refractivity contribution in [3.63, 3.8) is 0 Å². The van der Waals surface area contributed by atoms with Crippen molar-refractivity contribution in [2.45, 2.75) is 19.3 Å². The lowest BCUT2D eigenvalue weighted by molar-refractivity contribution is 0.460. The number of hydrogen-bond donors (Lipinski definition) is 0. The topological polar surface area (TPSA) is 93.0 Å². The molecule has 3 aliphatic rings. The largest absolute Gasteiger partial charge is 0.445 e. The number of nitrogens with zero attached hydrogens (tertiary/aromatic N) is 6. The molecule has 23 aromatic rings. The summed E-state index contributed by atoms with van der Waals surface area (Å²) in [6, 6.07) is 153. The second kappa shape index (κ2) is 31.5. The lowest BCUT2D eigenvalue weighted by Crippen LogP contribution is -2.24. The van der Waals surface area contributed by atoms with Gasteiger partial charge in [0, 0.05) is 93.1 Å². The quantitative estimate of drug-likeness (QED) is 0.142. The molecule has 0 spiro atoms. The Morgan fingerprint density at radius 2 is 0.760 bits per heavy atom. The Hall–Kier alpha value is -16.7. The first-order valence-corrected chi connectivity index (χ1v) is 44.5. The highest BCUT2D eigenvalue weighted by molar-refractivity contribution is 7.22. The van der Waals surface area contributed by atoms with Gasteiger partial charge >= 0.3 is 0 Å². The molecule has 10 heteroatoms. The van der Waals surface area contributed by atoms with Gasteiger partial charge in [0.05, 0.1) is 39.2 Å². The third kappa shape index (κ3) is 13.1. The Labute approximate surface area is 749 Å². The number of oxazole rings is 1. The maximum absolute atomic E-state index is 7.04. The van der Waals surface area contributed by atoms with Crippen molar-refractivity contribution in [2.24, 2.45) is 0 Å². The number of para-hydroxylation sites is 7. The Morgan fingerprint density at radius 3 is 1.45 bits per heavy atom. The van der Waals surface area contributed by atoms with Crippen LogP contribution >= 0.6 is 11.3 Å². The Kier molecular flexibility index (Phi) is 18.6. The van der Waals surface area contributed by atoms with E-state index in [2.05, 4.69) is 399 Å². The second-order valence-corrected chi connectivity index (χ2v) is 34.3. The van der Waals surface area contributed by atoms with E-state index in [9.17, 15) is 0 Å². The van der Waals surface area contributed by atoms with E-state index in [1.54, 1.807) is 11.3 Å². The van der Waals surface area contributed by atoms with Gasteiger partial charge in [-0.05, 0) is 139 Å². The fourth-order valence-corrected chi connectivity index (χ4v) is 20.7. The fourth-order valence-electron chi connectivity index (χ4n) is 19.5. The molecule has 0 bridgehead atoms. The van der Waals surface area contributed by atoms with Gasteiger partial charge in [0.15, 0.2) is 10.6 Å². The molecule has 9 nitrogen and oxygen atoms in total. The summed E-state index contributed by atoms with van der Waals surface area (Å²) in [5.41, 5.74) is 35.9. The molecule has 0 unspecified atom stereocenters. The molecule has 8 heterocycles. The second-order valence-electron chi connectivity index (χ2n) is 33.3. The lowest BCUT2D eigenvalue weighted by Gasteiger charge is -2.29. The molecule has 0 radical (unpaired) electrons. The minimum atomic E-state index is -0.351. The number of pyridine rings is 1. The van der Waals surface area contributed by atoms with Crippen LogP contribution in [-0.4, -0.2) is 29.1 Å². The highest BCUT2D eigenvalue weighted by Crippen LogP contribution is 2.59. The van der Waals surface area contributed by atoms with Gasteiger partial charge < -0.3 is 13.9 Å². The number of benzene rings is 17. The molecule has 26 rings (SSSR count). The molecule has 0 atom stereocenters. The Bertz CT molecular complexity index is 8250.